The van der Waals surface area contributed by atoms with E-state index in [9.17, 15) is 4.79 Å². The Morgan fingerprint density at radius 1 is 1.15 bits per heavy atom. The molecule has 0 aromatic heterocycles. The average molecular weight is 317 g/mol. The number of carbonyl (C=O) groups is 1. The summed E-state index contributed by atoms with van der Waals surface area (Å²) >= 11 is 12.0. The van der Waals surface area contributed by atoms with E-state index in [2.05, 4.69) is 10.6 Å². The molecule has 1 amide bonds. The van der Waals surface area contributed by atoms with Gasteiger partial charge in [-0.25, -0.2) is 0 Å². The van der Waals surface area contributed by atoms with Crippen molar-refractivity contribution in [3.8, 4) is 0 Å². The third-order valence-corrected chi connectivity index (χ3v) is 4.51. The van der Waals surface area contributed by atoms with Crippen molar-refractivity contribution in [1.29, 1.82) is 0 Å². The quantitative estimate of drug-likeness (QED) is 0.757. The monoisotopic (exact) mass is 316 g/mol. The Hall–Kier alpha value is -0.770. The molecule has 3 nitrogen and oxygen atoms in total. The molecule has 20 heavy (non-hydrogen) atoms. The summed E-state index contributed by atoms with van der Waals surface area (Å²) in [4.78, 5) is 12.6. The lowest BCUT2D eigenvalue weighted by molar-refractivity contribution is -0.127. The molecule has 0 atom stereocenters. The Bertz CT molecular complexity index is 459. The Balaban J connectivity index is 3.06. The number of likely N-dealkylation sites (N-methyl/N-ethyl adjacent to an activating group) is 1. The highest BCUT2D eigenvalue weighted by Crippen LogP contribution is 2.35. The fraction of sp³-hybridized carbons (Fsp3) is 0.533. The van der Waals surface area contributed by atoms with Gasteiger partial charge >= 0.3 is 0 Å². The SMILES string of the molecule is CCC(CC)(C(=O)NCCNC)c1ccc(Cl)c(Cl)c1. The van der Waals surface area contributed by atoms with Crippen LogP contribution in [0.3, 0.4) is 0 Å². The third kappa shape index (κ3) is 3.66. The van der Waals surface area contributed by atoms with Crippen molar-refractivity contribution in [3.63, 3.8) is 0 Å². The maximum absolute atomic E-state index is 12.6. The van der Waals surface area contributed by atoms with Crippen LogP contribution in [0.5, 0.6) is 0 Å². The lowest BCUT2D eigenvalue weighted by Crippen LogP contribution is -2.45. The molecule has 0 heterocycles. The zero-order valence-electron chi connectivity index (χ0n) is 12.2. The van der Waals surface area contributed by atoms with Gasteiger partial charge in [0.05, 0.1) is 15.5 Å². The molecular weight excluding hydrogens is 295 g/mol. The van der Waals surface area contributed by atoms with E-state index in [0.29, 0.717) is 29.4 Å². The van der Waals surface area contributed by atoms with Gasteiger partial charge in [-0.2, -0.15) is 0 Å². The highest BCUT2D eigenvalue weighted by Gasteiger charge is 2.36. The predicted octanol–water partition coefficient (Wildman–Crippen LogP) is 3.39. The van der Waals surface area contributed by atoms with E-state index >= 15 is 0 Å². The van der Waals surface area contributed by atoms with E-state index in [1.165, 1.54) is 0 Å². The van der Waals surface area contributed by atoms with Crippen LogP contribution in [0.15, 0.2) is 18.2 Å². The van der Waals surface area contributed by atoms with Crippen molar-refractivity contribution in [2.24, 2.45) is 0 Å². The summed E-state index contributed by atoms with van der Waals surface area (Å²) < 4.78 is 0. The van der Waals surface area contributed by atoms with Crippen LogP contribution in [0.2, 0.25) is 10.0 Å². The third-order valence-electron chi connectivity index (χ3n) is 3.77. The van der Waals surface area contributed by atoms with Crippen LogP contribution >= 0.6 is 23.2 Å². The summed E-state index contributed by atoms with van der Waals surface area (Å²) in [5, 5.41) is 6.99. The number of hydrogen-bond acceptors (Lipinski definition) is 2. The summed E-state index contributed by atoms with van der Waals surface area (Å²) in [5.74, 6) is 0.0381. The van der Waals surface area contributed by atoms with E-state index in [1.807, 2.05) is 27.0 Å². The summed E-state index contributed by atoms with van der Waals surface area (Å²) in [6.45, 7) is 5.39. The standard InChI is InChI=1S/C15H22Cl2N2O/c1-4-15(5-2,14(20)19-9-8-18-3)11-6-7-12(16)13(17)10-11/h6-7,10,18H,4-5,8-9H2,1-3H3,(H,19,20). The van der Waals surface area contributed by atoms with Crippen LogP contribution in [-0.2, 0) is 10.2 Å². The van der Waals surface area contributed by atoms with Gasteiger partial charge in [0, 0.05) is 13.1 Å². The molecule has 112 valence electrons. The molecule has 0 bridgehead atoms. The van der Waals surface area contributed by atoms with Gasteiger partial charge in [0.15, 0.2) is 0 Å². The van der Waals surface area contributed by atoms with E-state index in [0.717, 1.165) is 12.1 Å². The minimum absolute atomic E-state index is 0.0381. The first-order valence-electron chi connectivity index (χ1n) is 6.90. The van der Waals surface area contributed by atoms with Crippen molar-refractivity contribution in [3.05, 3.63) is 33.8 Å². The van der Waals surface area contributed by atoms with Crippen LogP contribution in [0.1, 0.15) is 32.3 Å². The molecule has 0 aliphatic heterocycles. The second-order valence-corrected chi connectivity index (χ2v) is 5.59. The normalized spacial score (nSPS) is 11.4. The highest BCUT2D eigenvalue weighted by atomic mass is 35.5. The van der Waals surface area contributed by atoms with Gasteiger partial charge in [-0.3, -0.25) is 4.79 Å². The second kappa shape index (κ2) is 7.87. The maximum atomic E-state index is 12.6. The molecule has 0 saturated carbocycles. The molecule has 2 N–H and O–H groups in total. The topological polar surface area (TPSA) is 41.1 Å². The molecule has 0 radical (unpaired) electrons. The van der Waals surface area contributed by atoms with E-state index < -0.39 is 5.41 Å². The van der Waals surface area contributed by atoms with Crippen LogP contribution in [0, 0.1) is 0 Å². The number of benzene rings is 1. The van der Waals surface area contributed by atoms with Gasteiger partial charge in [-0.05, 0) is 37.6 Å². The van der Waals surface area contributed by atoms with Crippen molar-refractivity contribution in [2.45, 2.75) is 32.1 Å². The van der Waals surface area contributed by atoms with E-state index in [-0.39, 0.29) is 5.91 Å². The number of carbonyl (C=O) groups excluding carboxylic acids is 1. The van der Waals surface area contributed by atoms with Crippen molar-refractivity contribution >= 4 is 29.1 Å². The first-order chi connectivity index (χ1) is 9.51. The average Bonchev–Trinajstić information content (AvgIpc) is 2.45. The Morgan fingerprint density at radius 2 is 1.80 bits per heavy atom. The van der Waals surface area contributed by atoms with Gasteiger partial charge in [0.2, 0.25) is 5.91 Å². The van der Waals surface area contributed by atoms with Crippen molar-refractivity contribution in [1.82, 2.24) is 10.6 Å². The Labute approximate surface area is 131 Å². The molecule has 0 aliphatic carbocycles. The molecule has 0 saturated heterocycles. The largest absolute Gasteiger partial charge is 0.354 e. The number of halogens is 2. The van der Waals surface area contributed by atoms with Gasteiger partial charge in [0.1, 0.15) is 0 Å². The zero-order valence-corrected chi connectivity index (χ0v) is 13.7. The Kier molecular flexibility index (Phi) is 6.80. The van der Waals surface area contributed by atoms with Crippen LogP contribution < -0.4 is 10.6 Å². The van der Waals surface area contributed by atoms with Crippen molar-refractivity contribution in [2.75, 3.05) is 20.1 Å². The minimum Gasteiger partial charge on any atom is -0.354 e. The molecule has 1 rings (SSSR count). The maximum Gasteiger partial charge on any atom is 0.230 e. The van der Waals surface area contributed by atoms with Gasteiger partial charge < -0.3 is 10.6 Å². The lowest BCUT2D eigenvalue weighted by atomic mass is 9.75. The summed E-state index contributed by atoms with van der Waals surface area (Å²) in [6.07, 6.45) is 1.43. The smallest absolute Gasteiger partial charge is 0.230 e. The molecule has 0 unspecified atom stereocenters. The molecule has 5 heteroatoms. The first-order valence-corrected chi connectivity index (χ1v) is 7.65. The van der Waals surface area contributed by atoms with E-state index in [4.69, 9.17) is 23.2 Å². The minimum atomic E-state index is -0.554. The summed E-state index contributed by atoms with van der Waals surface area (Å²) in [5.41, 5.74) is 0.362. The predicted molar refractivity (Wildman–Crippen MR) is 85.7 cm³/mol. The summed E-state index contributed by atoms with van der Waals surface area (Å²) in [6, 6.07) is 5.44. The van der Waals surface area contributed by atoms with Gasteiger partial charge in [-0.15, -0.1) is 0 Å². The number of hydrogen-bond donors (Lipinski definition) is 2. The fourth-order valence-electron chi connectivity index (χ4n) is 2.37. The molecule has 1 aromatic carbocycles. The number of nitrogens with one attached hydrogen (secondary N) is 2. The van der Waals surface area contributed by atoms with Gasteiger partial charge in [-0.1, -0.05) is 43.1 Å². The Morgan fingerprint density at radius 3 is 2.30 bits per heavy atom. The highest BCUT2D eigenvalue weighted by molar-refractivity contribution is 6.42. The van der Waals surface area contributed by atoms with Crippen LogP contribution in [0.4, 0.5) is 0 Å². The fourth-order valence-corrected chi connectivity index (χ4v) is 2.67. The lowest BCUT2D eigenvalue weighted by Gasteiger charge is -2.31. The zero-order chi connectivity index (χ0) is 15.2. The number of rotatable bonds is 7. The molecule has 0 aliphatic rings. The second-order valence-electron chi connectivity index (χ2n) is 4.78. The van der Waals surface area contributed by atoms with Crippen LogP contribution in [0.25, 0.3) is 0 Å². The molecule has 0 spiro atoms. The van der Waals surface area contributed by atoms with Crippen molar-refractivity contribution < 1.29 is 4.79 Å². The molecule has 0 fully saturated rings. The molecule has 1 aromatic rings. The summed E-state index contributed by atoms with van der Waals surface area (Å²) in [7, 11) is 1.86. The first kappa shape index (κ1) is 17.3. The van der Waals surface area contributed by atoms with E-state index in [1.54, 1.807) is 12.1 Å². The van der Waals surface area contributed by atoms with Gasteiger partial charge in [0.25, 0.3) is 0 Å². The number of amides is 1. The van der Waals surface area contributed by atoms with Crippen LogP contribution in [-0.4, -0.2) is 26.0 Å². The molecular formula is C15H22Cl2N2O.